The Labute approximate surface area is 334 Å². The average Bonchev–Trinajstić information content (AvgIpc) is 3.91. The zero-order chi connectivity index (χ0) is 42.2. The molecule has 7 rings (SSSR count). The largest absolute Gasteiger partial charge is 0.492 e. The minimum Gasteiger partial charge on any atom is -0.492 e. The number of nitrogens with one attached hydrogen (secondary N) is 2. The van der Waals surface area contributed by atoms with Crippen molar-refractivity contribution in [3.63, 3.8) is 0 Å². The van der Waals surface area contributed by atoms with Crippen LogP contribution in [0.1, 0.15) is 85.1 Å². The molecule has 1 aromatic heterocycles. The number of benzene rings is 1. The molecule has 3 aliphatic heterocycles. The number of aromatic nitrogens is 1. The van der Waals surface area contributed by atoms with E-state index in [0.717, 1.165) is 22.3 Å². The molecule has 0 bridgehead atoms. The highest BCUT2D eigenvalue weighted by Crippen LogP contribution is 2.48. The number of allylic oxidation sites excluding steroid dienone is 1. The molecule has 1 saturated heterocycles. The summed E-state index contributed by atoms with van der Waals surface area (Å²) >= 11 is 0. The van der Waals surface area contributed by atoms with Gasteiger partial charge in [-0.15, -0.1) is 0 Å². The molecule has 5 aliphatic rings. The molecular formula is C40H50F3N5O9S. The summed E-state index contributed by atoms with van der Waals surface area (Å²) in [7, 11) is -4.11. The number of pyridine rings is 1. The SMILES string of the molecule is C[C@H]1CC/C=C\[C@@H]2C[C@@]2(C(=O)NS(=O)(=O)C2(C)CC2)NC(=O)[C@@H]2C[C@@H](Oc3nccc4c5c(ccc34)CCO5)CN2C(=O)[C@@H](N(C(=O)O)C(C)(C)C(F)(F)F)[C@H](C)C1. The Bertz CT molecular complexity index is 2160. The molecule has 1 aromatic carbocycles. The highest BCUT2D eigenvalue weighted by atomic mass is 32.2. The van der Waals surface area contributed by atoms with E-state index in [9.17, 15) is 41.1 Å². The van der Waals surface area contributed by atoms with Crippen LogP contribution in [0.3, 0.4) is 0 Å². The number of amides is 4. The first kappa shape index (κ1) is 41.5. The van der Waals surface area contributed by atoms with Gasteiger partial charge in [0, 0.05) is 35.7 Å². The van der Waals surface area contributed by atoms with Crippen LogP contribution >= 0.6 is 0 Å². The van der Waals surface area contributed by atoms with E-state index in [-0.39, 0.29) is 42.5 Å². The molecule has 4 amide bonds. The normalized spacial score (nSPS) is 30.4. The third-order valence-electron chi connectivity index (χ3n) is 12.8. The van der Waals surface area contributed by atoms with Crippen LogP contribution in [0.5, 0.6) is 11.6 Å². The molecule has 0 radical (unpaired) electrons. The molecule has 18 heteroatoms. The number of alkyl halides is 3. The Morgan fingerprint density at radius 2 is 1.84 bits per heavy atom. The summed E-state index contributed by atoms with van der Waals surface area (Å²) in [4.78, 5) is 62.1. The van der Waals surface area contributed by atoms with Gasteiger partial charge in [0.25, 0.3) is 5.91 Å². The maximum absolute atomic E-state index is 15.0. The van der Waals surface area contributed by atoms with Crippen molar-refractivity contribution in [2.24, 2.45) is 17.8 Å². The van der Waals surface area contributed by atoms with E-state index in [2.05, 4.69) is 15.0 Å². The molecule has 2 aromatic rings. The van der Waals surface area contributed by atoms with Crippen molar-refractivity contribution in [3.8, 4) is 11.6 Å². The molecule has 316 valence electrons. The third-order valence-corrected chi connectivity index (χ3v) is 15.0. The van der Waals surface area contributed by atoms with Crippen LogP contribution in [0.15, 0.2) is 36.5 Å². The molecule has 3 N–H and O–H groups in total. The van der Waals surface area contributed by atoms with E-state index in [1.165, 1.54) is 20.0 Å². The summed E-state index contributed by atoms with van der Waals surface area (Å²) in [5.41, 5.74) is -3.73. The van der Waals surface area contributed by atoms with Gasteiger partial charge in [0.2, 0.25) is 27.7 Å². The van der Waals surface area contributed by atoms with Crippen molar-refractivity contribution in [1.82, 2.24) is 24.8 Å². The maximum Gasteiger partial charge on any atom is 0.411 e. The van der Waals surface area contributed by atoms with Crippen molar-refractivity contribution in [2.75, 3.05) is 13.2 Å². The van der Waals surface area contributed by atoms with Crippen LogP contribution in [0.4, 0.5) is 18.0 Å². The number of nitrogens with zero attached hydrogens (tertiary/aromatic N) is 3. The van der Waals surface area contributed by atoms with Gasteiger partial charge in [0.1, 0.15) is 35.0 Å². The highest BCUT2D eigenvalue weighted by molar-refractivity contribution is 7.91. The lowest BCUT2D eigenvalue weighted by Crippen LogP contribution is -2.66. The predicted octanol–water partition coefficient (Wildman–Crippen LogP) is 5.09. The maximum atomic E-state index is 15.0. The van der Waals surface area contributed by atoms with Crippen LogP contribution < -0.4 is 19.5 Å². The van der Waals surface area contributed by atoms with Crippen molar-refractivity contribution in [2.45, 2.75) is 126 Å². The van der Waals surface area contributed by atoms with Crippen LogP contribution in [0.25, 0.3) is 10.8 Å². The Hall–Kier alpha value is -4.61. The predicted molar refractivity (Wildman–Crippen MR) is 204 cm³/mol. The van der Waals surface area contributed by atoms with E-state index in [0.29, 0.717) is 57.3 Å². The second-order valence-electron chi connectivity index (χ2n) is 17.5. The average molecular weight is 834 g/mol. The molecule has 3 fully saturated rings. The number of carbonyl (C=O) groups is 4. The van der Waals surface area contributed by atoms with Gasteiger partial charge in [-0.25, -0.2) is 18.2 Å². The summed E-state index contributed by atoms with van der Waals surface area (Å²) < 4.78 is 83.8. The van der Waals surface area contributed by atoms with Gasteiger partial charge in [0.05, 0.1) is 17.9 Å². The standard InChI is InChI=1S/C40H50F3N5O9S/c1-22-8-6-7-9-25-20-39(25,35(51)46-58(54,55)38(5)14-15-38)45-32(49)29-19-26(57-33-28-11-10-24-13-17-56-31(24)27(28)12-16-44-33)21-47(29)34(50)30(23(2)18-22)48(36(52)53)37(3,4)40(41,42)43/h7,9-12,16,22-23,25-26,29-30H,6,8,13-15,17-21H2,1-5H3,(H,45,49)(H,46,51)(H,52,53)/b9-7-/t22-,23+,25+,26+,29-,30-,39+/m0/s1. The van der Waals surface area contributed by atoms with Crippen LogP contribution in [-0.4, -0.2) is 105 Å². The fraction of sp³-hybridized carbons (Fsp3) is 0.625. The van der Waals surface area contributed by atoms with Gasteiger partial charge in [-0.1, -0.05) is 32.1 Å². The van der Waals surface area contributed by atoms with Crippen molar-refractivity contribution < 1.29 is 55.3 Å². The topological polar surface area (TPSA) is 185 Å². The summed E-state index contributed by atoms with van der Waals surface area (Å²) in [5.74, 6) is -3.73. The van der Waals surface area contributed by atoms with Crippen LogP contribution in [0, 0.1) is 17.8 Å². The van der Waals surface area contributed by atoms with Crippen molar-refractivity contribution in [1.29, 1.82) is 0 Å². The third kappa shape index (κ3) is 7.33. The number of carboxylic acid groups (broad SMARTS) is 1. The van der Waals surface area contributed by atoms with Gasteiger partial charge in [0.15, 0.2) is 0 Å². The lowest BCUT2D eigenvalue weighted by Gasteiger charge is -2.45. The smallest absolute Gasteiger partial charge is 0.411 e. The molecule has 14 nitrogen and oxygen atoms in total. The van der Waals surface area contributed by atoms with E-state index >= 15 is 4.79 Å². The Morgan fingerprint density at radius 3 is 2.52 bits per heavy atom. The Balaban J connectivity index is 1.29. The number of carbonyl (C=O) groups excluding carboxylic acids is 3. The first-order valence-electron chi connectivity index (χ1n) is 19.8. The fourth-order valence-electron chi connectivity index (χ4n) is 8.71. The van der Waals surface area contributed by atoms with Gasteiger partial charge >= 0.3 is 12.3 Å². The zero-order valence-corrected chi connectivity index (χ0v) is 33.9. The summed E-state index contributed by atoms with van der Waals surface area (Å²) in [6, 6.07) is 2.12. The molecule has 0 spiro atoms. The quantitative estimate of drug-likeness (QED) is 0.318. The molecule has 4 heterocycles. The zero-order valence-electron chi connectivity index (χ0n) is 33.1. The number of fused-ring (bicyclic) bond motifs is 5. The molecular weight excluding hydrogens is 784 g/mol. The van der Waals surface area contributed by atoms with Crippen LogP contribution in [-0.2, 0) is 30.8 Å². The van der Waals surface area contributed by atoms with E-state index in [1.54, 1.807) is 12.1 Å². The summed E-state index contributed by atoms with van der Waals surface area (Å²) in [5, 5.41) is 14.5. The summed E-state index contributed by atoms with van der Waals surface area (Å²) in [6.07, 6.45) is -0.511. The van der Waals surface area contributed by atoms with Crippen molar-refractivity contribution in [3.05, 3.63) is 42.1 Å². The van der Waals surface area contributed by atoms with E-state index in [1.807, 2.05) is 25.1 Å². The molecule has 2 aliphatic carbocycles. The molecule has 2 saturated carbocycles. The number of hydrogen-bond acceptors (Lipinski definition) is 9. The second-order valence-corrected chi connectivity index (χ2v) is 19.7. The van der Waals surface area contributed by atoms with Crippen LogP contribution in [0.2, 0.25) is 0 Å². The number of ether oxygens (including phenoxy) is 2. The fourth-order valence-corrected chi connectivity index (χ4v) is 10.0. The van der Waals surface area contributed by atoms with E-state index in [4.69, 9.17) is 9.47 Å². The van der Waals surface area contributed by atoms with Gasteiger partial charge in [-0.3, -0.25) is 24.0 Å². The second kappa shape index (κ2) is 14.6. The minimum atomic E-state index is -5.09. The molecule has 58 heavy (non-hydrogen) atoms. The van der Waals surface area contributed by atoms with Gasteiger partial charge in [-0.05, 0) is 88.8 Å². The van der Waals surface area contributed by atoms with Gasteiger partial charge in [-0.2, -0.15) is 13.2 Å². The Kier molecular flexibility index (Phi) is 10.4. The number of hydrogen-bond donors (Lipinski definition) is 3. The van der Waals surface area contributed by atoms with E-state index < -0.39 is 85.9 Å². The lowest BCUT2D eigenvalue weighted by atomic mass is 9.85. The monoisotopic (exact) mass is 833 g/mol. The summed E-state index contributed by atoms with van der Waals surface area (Å²) in [6.45, 7) is 6.46. The number of sulfonamides is 1. The Morgan fingerprint density at radius 1 is 1.12 bits per heavy atom. The lowest BCUT2D eigenvalue weighted by molar-refractivity contribution is -0.222. The number of rotatable bonds is 7. The first-order chi connectivity index (χ1) is 27.1. The van der Waals surface area contributed by atoms with Gasteiger partial charge < -0.3 is 24.8 Å². The first-order valence-corrected chi connectivity index (χ1v) is 21.2. The molecule has 0 unspecified atom stereocenters. The molecule has 7 atom stereocenters. The minimum absolute atomic E-state index is 0.0575. The van der Waals surface area contributed by atoms with Crippen molar-refractivity contribution >= 4 is 44.6 Å². The highest BCUT2D eigenvalue weighted by Gasteiger charge is 2.64. The number of halogens is 3.